The predicted molar refractivity (Wildman–Crippen MR) is 93.2 cm³/mol. The fourth-order valence-electron chi connectivity index (χ4n) is 2.79. The zero-order chi connectivity index (χ0) is 17.8. The molecule has 7 heteroatoms. The quantitative estimate of drug-likeness (QED) is 0.768. The molecular weight excluding hydrogens is 322 g/mol. The minimum atomic E-state index is -0.249. The molecule has 7 nitrogen and oxygen atoms in total. The number of anilines is 1. The van der Waals surface area contributed by atoms with E-state index >= 15 is 0 Å². The molecule has 0 saturated heterocycles. The minimum Gasteiger partial charge on any atom is -0.493 e. The summed E-state index contributed by atoms with van der Waals surface area (Å²) in [5.41, 5.74) is 0.445. The summed E-state index contributed by atoms with van der Waals surface area (Å²) in [4.78, 5) is 12.6. The molecule has 1 fully saturated rings. The van der Waals surface area contributed by atoms with Crippen LogP contribution in [0.4, 0.5) is 5.82 Å². The summed E-state index contributed by atoms with van der Waals surface area (Å²) in [6.45, 7) is 2.14. The minimum absolute atomic E-state index is 0.113. The molecule has 0 bridgehead atoms. The van der Waals surface area contributed by atoms with Crippen LogP contribution in [-0.2, 0) is 0 Å². The van der Waals surface area contributed by atoms with E-state index in [9.17, 15) is 4.79 Å². The van der Waals surface area contributed by atoms with E-state index < -0.39 is 0 Å². The SMILES string of the molecule is COc1ccc(C(=O)Nc2ccnn2[C@H](C)C2CC2)cc1OCCO. The third kappa shape index (κ3) is 3.93. The number of amides is 1. The lowest BCUT2D eigenvalue weighted by atomic mass is 10.2. The van der Waals surface area contributed by atoms with Crippen LogP contribution < -0.4 is 14.8 Å². The van der Waals surface area contributed by atoms with Crippen molar-refractivity contribution in [1.29, 1.82) is 0 Å². The number of nitrogens with zero attached hydrogens (tertiary/aromatic N) is 2. The summed E-state index contributed by atoms with van der Waals surface area (Å²) < 4.78 is 12.5. The number of methoxy groups -OCH3 is 1. The Kier molecular flexibility index (Phi) is 5.23. The lowest BCUT2D eigenvalue weighted by Crippen LogP contribution is -2.18. The number of nitrogens with one attached hydrogen (secondary N) is 1. The van der Waals surface area contributed by atoms with E-state index in [0.717, 1.165) is 0 Å². The Hall–Kier alpha value is -2.54. The van der Waals surface area contributed by atoms with Crippen LogP contribution in [0.15, 0.2) is 30.5 Å². The number of aromatic nitrogens is 2. The first-order chi connectivity index (χ1) is 12.1. The van der Waals surface area contributed by atoms with Gasteiger partial charge in [0.25, 0.3) is 5.91 Å². The van der Waals surface area contributed by atoms with Crippen LogP contribution >= 0.6 is 0 Å². The van der Waals surface area contributed by atoms with Crippen molar-refractivity contribution in [2.24, 2.45) is 5.92 Å². The number of aliphatic hydroxyl groups excluding tert-OH is 1. The Morgan fingerprint density at radius 2 is 2.20 bits per heavy atom. The first-order valence-electron chi connectivity index (χ1n) is 8.40. The molecule has 3 rings (SSSR count). The Bertz CT molecular complexity index is 740. The molecule has 2 aromatic rings. The molecule has 1 aromatic heterocycles. The van der Waals surface area contributed by atoms with Crippen LogP contribution in [0.1, 0.15) is 36.2 Å². The second-order valence-electron chi connectivity index (χ2n) is 6.13. The van der Waals surface area contributed by atoms with Gasteiger partial charge in [0.1, 0.15) is 12.4 Å². The van der Waals surface area contributed by atoms with E-state index in [1.165, 1.54) is 20.0 Å². The van der Waals surface area contributed by atoms with E-state index in [4.69, 9.17) is 14.6 Å². The fourth-order valence-corrected chi connectivity index (χ4v) is 2.79. The molecule has 1 aliphatic carbocycles. The Morgan fingerprint density at radius 1 is 1.40 bits per heavy atom. The summed E-state index contributed by atoms with van der Waals surface area (Å²) in [6, 6.07) is 7.01. The van der Waals surface area contributed by atoms with Crippen molar-refractivity contribution in [1.82, 2.24) is 9.78 Å². The molecule has 1 amide bonds. The Morgan fingerprint density at radius 3 is 2.88 bits per heavy atom. The van der Waals surface area contributed by atoms with Gasteiger partial charge in [-0.05, 0) is 43.9 Å². The number of hydrogen-bond acceptors (Lipinski definition) is 5. The lowest BCUT2D eigenvalue weighted by molar-refractivity contribution is 0.102. The zero-order valence-electron chi connectivity index (χ0n) is 14.4. The molecule has 0 spiro atoms. The first kappa shape index (κ1) is 17.3. The largest absolute Gasteiger partial charge is 0.493 e. The highest BCUT2D eigenvalue weighted by Gasteiger charge is 2.30. The lowest BCUT2D eigenvalue weighted by Gasteiger charge is -2.16. The van der Waals surface area contributed by atoms with E-state index in [1.807, 2.05) is 4.68 Å². The van der Waals surface area contributed by atoms with Crippen LogP contribution in [-0.4, -0.2) is 41.1 Å². The highest BCUT2D eigenvalue weighted by molar-refractivity contribution is 6.04. The van der Waals surface area contributed by atoms with Gasteiger partial charge in [-0.2, -0.15) is 5.10 Å². The number of rotatable bonds is 8. The van der Waals surface area contributed by atoms with Crippen molar-refractivity contribution in [2.45, 2.75) is 25.8 Å². The Labute approximate surface area is 146 Å². The van der Waals surface area contributed by atoms with Crippen molar-refractivity contribution in [3.05, 3.63) is 36.0 Å². The number of ether oxygens (including phenoxy) is 2. The van der Waals surface area contributed by atoms with Crippen LogP contribution in [0.3, 0.4) is 0 Å². The summed E-state index contributed by atoms with van der Waals surface area (Å²) in [7, 11) is 1.53. The highest BCUT2D eigenvalue weighted by Crippen LogP contribution is 2.40. The smallest absolute Gasteiger partial charge is 0.256 e. The van der Waals surface area contributed by atoms with Crippen molar-refractivity contribution >= 4 is 11.7 Å². The van der Waals surface area contributed by atoms with Gasteiger partial charge in [-0.1, -0.05) is 0 Å². The van der Waals surface area contributed by atoms with Gasteiger partial charge in [-0.3, -0.25) is 4.79 Å². The molecule has 25 heavy (non-hydrogen) atoms. The van der Waals surface area contributed by atoms with E-state index in [2.05, 4.69) is 17.3 Å². The van der Waals surface area contributed by atoms with Crippen molar-refractivity contribution < 1.29 is 19.4 Å². The first-order valence-corrected chi connectivity index (χ1v) is 8.40. The van der Waals surface area contributed by atoms with Gasteiger partial charge in [-0.15, -0.1) is 0 Å². The molecule has 1 aromatic carbocycles. The van der Waals surface area contributed by atoms with Gasteiger partial charge >= 0.3 is 0 Å². The third-order valence-corrected chi connectivity index (χ3v) is 4.38. The monoisotopic (exact) mass is 345 g/mol. The molecule has 1 atom stereocenters. The standard InChI is InChI=1S/C18H23N3O4/c1-12(13-3-4-13)21-17(7-8-19-21)20-18(23)14-5-6-15(24-2)16(11-14)25-10-9-22/h5-8,11-13,22H,3-4,9-10H2,1-2H3,(H,20,23)/t12-/m1/s1. The summed E-state index contributed by atoms with van der Waals surface area (Å²) in [5.74, 6) is 2.00. The predicted octanol–water partition coefficient (Wildman–Crippen LogP) is 2.49. The fraction of sp³-hybridized carbons (Fsp3) is 0.444. The van der Waals surface area contributed by atoms with Gasteiger partial charge in [0.2, 0.25) is 0 Å². The Balaban J connectivity index is 1.76. The van der Waals surface area contributed by atoms with Gasteiger partial charge in [0.05, 0.1) is 26.0 Å². The zero-order valence-corrected chi connectivity index (χ0v) is 14.4. The maximum Gasteiger partial charge on any atom is 0.256 e. The molecule has 0 aliphatic heterocycles. The summed E-state index contributed by atoms with van der Waals surface area (Å²) in [5, 5.41) is 16.2. The number of hydrogen-bond donors (Lipinski definition) is 2. The van der Waals surface area contributed by atoms with Crippen molar-refractivity contribution in [3.63, 3.8) is 0 Å². The van der Waals surface area contributed by atoms with Crippen LogP contribution in [0.25, 0.3) is 0 Å². The normalized spacial score (nSPS) is 14.8. The molecule has 1 saturated carbocycles. The number of carbonyl (C=O) groups is 1. The van der Waals surface area contributed by atoms with Gasteiger partial charge < -0.3 is 19.9 Å². The van der Waals surface area contributed by atoms with Crippen molar-refractivity contribution in [3.8, 4) is 11.5 Å². The second-order valence-corrected chi connectivity index (χ2v) is 6.13. The van der Waals surface area contributed by atoms with Gasteiger partial charge in [0, 0.05) is 11.6 Å². The number of aliphatic hydroxyl groups is 1. The second kappa shape index (κ2) is 7.57. The van der Waals surface area contributed by atoms with Gasteiger partial charge in [0.15, 0.2) is 11.5 Å². The van der Waals surface area contributed by atoms with Crippen LogP contribution in [0, 0.1) is 5.92 Å². The van der Waals surface area contributed by atoms with Crippen molar-refractivity contribution in [2.75, 3.05) is 25.6 Å². The topological polar surface area (TPSA) is 85.6 Å². The average molecular weight is 345 g/mol. The van der Waals surface area contributed by atoms with E-state index in [0.29, 0.717) is 28.8 Å². The average Bonchev–Trinajstić information content (AvgIpc) is 3.38. The molecule has 2 N–H and O–H groups in total. The summed E-state index contributed by atoms with van der Waals surface area (Å²) in [6.07, 6.45) is 4.11. The maximum atomic E-state index is 12.6. The van der Waals surface area contributed by atoms with E-state index in [1.54, 1.807) is 30.5 Å². The summed E-state index contributed by atoms with van der Waals surface area (Å²) >= 11 is 0. The maximum absolute atomic E-state index is 12.6. The molecular formula is C18H23N3O4. The molecule has 134 valence electrons. The highest BCUT2D eigenvalue weighted by atomic mass is 16.5. The van der Waals surface area contributed by atoms with Gasteiger partial charge in [-0.25, -0.2) is 4.68 Å². The van der Waals surface area contributed by atoms with Crippen LogP contribution in [0.2, 0.25) is 0 Å². The molecule has 0 radical (unpaired) electrons. The molecule has 1 heterocycles. The van der Waals surface area contributed by atoms with Crippen LogP contribution in [0.5, 0.6) is 11.5 Å². The third-order valence-electron chi connectivity index (χ3n) is 4.38. The number of benzene rings is 1. The molecule has 0 unspecified atom stereocenters. The molecule has 1 aliphatic rings. The van der Waals surface area contributed by atoms with E-state index in [-0.39, 0.29) is 25.2 Å². The number of carbonyl (C=O) groups excluding carboxylic acids is 1.